The second-order valence-corrected chi connectivity index (χ2v) is 4.38. The Kier molecular flexibility index (Phi) is 3.44. The van der Waals surface area contributed by atoms with Gasteiger partial charge in [0.25, 0.3) is 5.95 Å². The molecule has 0 spiro atoms. The van der Waals surface area contributed by atoms with Crippen molar-refractivity contribution in [3.63, 3.8) is 0 Å². The molecular weight excluding hydrogens is 299 g/mol. The second-order valence-electron chi connectivity index (χ2n) is 4.04. The molecule has 0 N–H and O–H groups in total. The highest BCUT2D eigenvalue weighted by Crippen LogP contribution is 2.21. The molecule has 1 aromatic carbocycles. The minimum Gasteiger partial charge on any atom is -0.424 e. The quantitative estimate of drug-likeness (QED) is 0.739. The van der Waals surface area contributed by atoms with Gasteiger partial charge in [-0.25, -0.2) is 9.37 Å². The molecule has 21 heavy (non-hydrogen) atoms. The van der Waals surface area contributed by atoms with Crippen molar-refractivity contribution < 1.29 is 9.13 Å². The van der Waals surface area contributed by atoms with E-state index in [-0.39, 0.29) is 28.8 Å². The zero-order valence-electron chi connectivity index (χ0n) is 10.7. The zero-order valence-corrected chi connectivity index (χ0v) is 11.5. The second kappa shape index (κ2) is 5.41. The van der Waals surface area contributed by atoms with Gasteiger partial charge in [-0.1, -0.05) is 6.07 Å². The number of nitrogens with zero attached hydrogens (tertiary/aromatic N) is 6. The van der Waals surface area contributed by atoms with Crippen LogP contribution < -0.4 is 4.74 Å². The van der Waals surface area contributed by atoms with Crippen molar-refractivity contribution in [3.8, 4) is 17.7 Å². The fraction of sp³-hybridized carbons (Fsp3) is 0.0833. The standard InChI is InChI=1S/C12H8ClFN6O/c1-7-2-3-8(4-9(7)14)21-12-18-10(13)17-11(19-12)20-6-15-5-16-20/h2-6H,1H3. The summed E-state index contributed by atoms with van der Waals surface area (Å²) in [5.74, 6) is 0.0177. The van der Waals surface area contributed by atoms with E-state index >= 15 is 0 Å². The van der Waals surface area contributed by atoms with Crippen molar-refractivity contribution in [1.29, 1.82) is 0 Å². The smallest absolute Gasteiger partial charge is 0.328 e. The largest absolute Gasteiger partial charge is 0.424 e. The van der Waals surface area contributed by atoms with Crippen LogP contribution in [0.4, 0.5) is 4.39 Å². The van der Waals surface area contributed by atoms with Gasteiger partial charge in [-0.15, -0.1) is 0 Å². The van der Waals surface area contributed by atoms with Crippen molar-refractivity contribution in [3.05, 3.63) is 47.5 Å². The van der Waals surface area contributed by atoms with E-state index in [9.17, 15) is 4.39 Å². The van der Waals surface area contributed by atoms with Crippen molar-refractivity contribution >= 4 is 11.6 Å². The number of aromatic nitrogens is 6. The number of rotatable bonds is 3. The molecule has 0 saturated carbocycles. The lowest BCUT2D eigenvalue weighted by atomic mass is 10.2. The van der Waals surface area contributed by atoms with E-state index in [2.05, 4.69) is 25.0 Å². The van der Waals surface area contributed by atoms with Gasteiger partial charge in [-0.05, 0) is 30.2 Å². The number of hydrogen-bond donors (Lipinski definition) is 0. The summed E-state index contributed by atoms with van der Waals surface area (Å²) in [6.45, 7) is 1.65. The van der Waals surface area contributed by atoms with Crippen LogP contribution in [-0.2, 0) is 0 Å². The molecule has 0 unspecified atom stereocenters. The maximum atomic E-state index is 13.5. The predicted octanol–water partition coefficient (Wildman–Crippen LogP) is 2.35. The lowest BCUT2D eigenvalue weighted by Crippen LogP contribution is -2.05. The van der Waals surface area contributed by atoms with Crippen LogP contribution in [0.1, 0.15) is 5.56 Å². The van der Waals surface area contributed by atoms with Crippen LogP contribution in [-0.4, -0.2) is 29.7 Å². The van der Waals surface area contributed by atoms with E-state index in [1.807, 2.05) is 0 Å². The molecule has 2 aromatic heterocycles. The molecule has 0 aliphatic rings. The Balaban J connectivity index is 1.93. The molecule has 0 fully saturated rings. The van der Waals surface area contributed by atoms with Crippen molar-refractivity contribution in [1.82, 2.24) is 29.7 Å². The first-order valence-electron chi connectivity index (χ1n) is 5.82. The van der Waals surface area contributed by atoms with E-state index < -0.39 is 0 Å². The van der Waals surface area contributed by atoms with Gasteiger partial charge in [0.2, 0.25) is 5.28 Å². The third-order valence-corrected chi connectivity index (χ3v) is 2.72. The summed E-state index contributed by atoms with van der Waals surface area (Å²) in [7, 11) is 0. The SMILES string of the molecule is Cc1ccc(Oc2nc(Cl)nc(-n3cncn3)n2)cc1F. The van der Waals surface area contributed by atoms with Crippen molar-refractivity contribution in [2.24, 2.45) is 0 Å². The highest BCUT2D eigenvalue weighted by Gasteiger charge is 2.10. The Morgan fingerprint density at radius 1 is 1.24 bits per heavy atom. The summed E-state index contributed by atoms with van der Waals surface area (Å²) in [6.07, 6.45) is 2.73. The van der Waals surface area contributed by atoms with Gasteiger partial charge in [0.1, 0.15) is 24.2 Å². The van der Waals surface area contributed by atoms with Gasteiger partial charge in [0.15, 0.2) is 0 Å². The first-order chi connectivity index (χ1) is 10.1. The lowest BCUT2D eigenvalue weighted by Gasteiger charge is -2.06. The lowest BCUT2D eigenvalue weighted by molar-refractivity contribution is 0.433. The first kappa shape index (κ1) is 13.4. The number of aryl methyl sites for hydroxylation is 1. The molecule has 0 radical (unpaired) electrons. The number of hydrogen-bond acceptors (Lipinski definition) is 6. The van der Waals surface area contributed by atoms with Crippen LogP contribution in [0.25, 0.3) is 5.95 Å². The maximum Gasteiger partial charge on any atom is 0.328 e. The topological polar surface area (TPSA) is 78.6 Å². The molecule has 0 atom stereocenters. The third-order valence-electron chi connectivity index (χ3n) is 2.55. The van der Waals surface area contributed by atoms with E-state index in [1.165, 1.54) is 23.4 Å². The molecule has 3 aromatic rings. The Morgan fingerprint density at radius 3 is 2.81 bits per heavy atom. The fourth-order valence-electron chi connectivity index (χ4n) is 1.52. The maximum absolute atomic E-state index is 13.5. The van der Waals surface area contributed by atoms with Crippen LogP contribution in [0.15, 0.2) is 30.9 Å². The number of halogens is 2. The normalized spacial score (nSPS) is 10.6. The van der Waals surface area contributed by atoms with Crippen molar-refractivity contribution in [2.75, 3.05) is 0 Å². The van der Waals surface area contributed by atoms with Crippen LogP contribution in [0.5, 0.6) is 11.8 Å². The summed E-state index contributed by atoms with van der Waals surface area (Å²) >= 11 is 5.81. The molecule has 0 aliphatic carbocycles. The van der Waals surface area contributed by atoms with Crippen LogP contribution in [0.2, 0.25) is 5.28 Å². The number of ether oxygens (including phenoxy) is 1. The van der Waals surface area contributed by atoms with Crippen LogP contribution in [0, 0.1) is 12.7 Å². The molecule has 0 amide bonds. The molecule has 7 nitrogen and oxygen atoms in total. The predicted molar refractivity (Wildman–Crippen MR) is 71.0 cm³/mol. The van der Waals surface area contributed by atoms with Gasteiger partial charge in [0, 0.05) is 6.07 Å². The minimum atomic E-state index is -0.385. The third kappa shape index (κ3) is 2.95. The molecule has 106 valence electrons. The fourth-order valence-corrected chi connectivity index (χ4v) is 1.67. The Hall–Kier alpha value is -2.61. The van der Waals surface area contributed by atoms with Crippen LogP contribution in [0.3, 0.4) is 0 Å². The summed E-state index contributed by atoms with van der Waals surface area (Å²) in [6, 6.07) is 4.36. The van der Waals surface area contributed by atoms with Gasteiger partial charge in [-0.3, -0.25) is 0 Å². The van der Waals surface area contributed by atoms with Gasteiger partial charge < -0.3 is 4.74 Å². The molecular formula is C12H8ClFN6O. The van der Waals surface area contributed by atoms with Crippen molar-refractivity contribution in [2.45, 2.75) is 6.92 Å². The molecule has 0 aliphatic heterocycles. The summed E-state index contributed by atoms with van der Waals surface area (Å²) in [4.78, 5) is 15.5. The summed E-state index contributed by atoms with van der Waals surface area (Å²) < 4.78 is 20.2. The van der Waals surface area contributed by atoms with Crippen LogP contribution >= 0.6 is 11.6 Å². The van der Waals surface area contributed by atoms with E-state index in [0.29, 0.717) is 5.56 Å². The highest BCUT2D eigenvalue weighted by molar-refractivity contribution is 6.28. The average molecular weight is 307 g/mol. The Bertz CT molecular complexity index is 779. The van der Waals surface area contributed by atoms with Gasteiger partial charge in [-0.2, -0.15) is 24.7 Å². The molecule has 0 saturated heterocycles. The monoisotopic (exact) mass is 306 g/mol. The Morgan fingerprint density at radius 2 is 2.10 bits per heavy atom. The molecule has 0 bridgehead atoms. The van der Waals surface area contributed by atoms with Gasteiger partial charge >= 0.3 is 6.01 Å². The van der Waals surface area contributed by atoms with E-state index in [1.54, 1.807) is 19.1 Å². The van der Waals surface area contributed by atoms with E-state index in [0.717, 1.165) is 0 Å². The Labute approximate surface area is 123 Å². The highest BCUT2D eigenvalue weighted by atomic mass is 35.5. The molecule has 3 rings (SSSR count). The molecule has 2 heterocycles. The van der Waals surface area contributed by atoms with Gasteiger partial charge in [0.05, 0.1) is 0 Å². The zero-order chi connectivity index (χ0) is 14.8. The summed E-state index contributed by atoms with van der Waals surface area (Å²) in [5.41, 5.74) is 0.513. The summed E-state index contributed by atoms with van der Waals surface area (Å²) in [5, 5.41) is 3.81. The number of benzene rings is 1. The first-order valence-corrected chi connectivity index (χ1v) is 6.20. The molecule has 9 heteroatoms. The average Bonchev–Trinajstić information content (AvgIpc) is 2.96. The minimum absolute atomic E-state index is 0.0660. The van der Waals surface area contributed by atoms with E-state index in [4.69, 9.17) is 16.3 Å².